The number of aromatic nitrogens is 4. The maximum atomic E-state index is 13.6. The highest BCUT2D eigenvalue weighted by molar-refractivity contribution is 5.80. The van der Waals surface area contributed by atoms with E-state index in [0.29, 0.717) is 35.9 Å². The van der Waals surface area contributed by atoms with Gasteiger partial charge >= 0.3 is 11.7 Å². The van der Waals surface area contributed by atoms with Gasteiger partial charge in [0.1, 0.15) is 5.82 Å². The first-order valence-electron chi connectivity index (χ1n) is 12.8. The van der Waals surface area contributed by atoms with Crippen LogP contribution in [0, 0.1) is 6.92 Å². The van der Waals surface area contributed by atoms with E-state index in [1.807, 2.05) is 48.5 Å². The highest BCUT2D eigenvalue weighted by Gasteiger charge is 2.19. The number of hydrogen-bond acceptors (Lipinski definition) is 7. The number of hydrogen-bond donors (Lipinski definition) is 1. The van der Waals surface area contributed by atoms with Crippen LogP contribution in [0.1, 0.15) is 56.3 Å². The molecule has 4 aromatic rings. The monoisotopic (exact) mass is 516 g/mol. The Labute approximate surface area is 220 Å². The number of unbranched alkanes of at least 4 members (excludes halogenated alkanes) is 1. The Kier molecular flexibility index (Phi) is 8.35. The summed E-state index contributed by atoms with van der Waals surface area (Å²) in [6.45, 7) is 7.75. The van der Waals surface area contributed by atoms with Gasteiger partial charge in [-0.1, -0.05) is 67.0 Å². The lowest BCUT2D eigenvalue weighted by Crippen LogP contribution is -2.32. The van der Waals surface area contributed by atoms with E-state index in [1.54, 1.807) is 25.3 Å². The van der Waals surface area contributed by atoms with Crippen molar-refractivity contribution in [3.63, 3.8) is 0 Å². The number of carbonyl (C=O) groups is 1. The van der Waals surface area contributed by atoms with Crippen molar-refractivity contribution in [3.05, 3.63) is 92.1 Å². The number of nitrogens with zero attached hydrogens (tertiary/aromatic N) is 3. The fraction of sp³-hybridized carbons (Fsp3) is 0.345. The van der Waals surface area contributed by atoms with Crippen molar-refractivity contribution in [1.29, 1.82) is 0 Å². The van der Waals surface area contributed by atoms with Crippen LogP contribution in [0.2, 0.25) is 0 Å². The Morgan fingerprint density at radius 2 is 1.79 bits per heavy atom. The predicted octanol–water partition coefficient (Wildman–Crippen LogP) is 4.45. The smallest absolute Gasteiger partial charge is 0.439 e. The molecule has 0 saturated carbocycles. The van der Waals surface area contributed by atoms with E-state index >= 15 is 0 Å². The van der Waals surface area contributed by atoms with E-state index in [1.165, 1.54) is 0 Å². The van der Waals surface area contributed by atoms with Crippen LogP contribution in [0.15, 0.2) is 62.6 Å². The number of aromatic amines is 1. The molecule has 0 aliphatic rings. The Bertz CT molecular complexity index is 1530. The summed E-state index contributed by atoms with van der Waals surface area (Å²) in [4.78, 5) is 44.7. The second-order valence-corrected chi connectivity index (χ2v) is 9.49. The number of esters is 1. The van der Waals surface area contributed by atoms with E-state index in [4.69, 9.17) is 9.72 Å². The minimum atomic E-state index is -0.613. The van der Waals surface area contributed by atoms with E-state index < -0.39 is 11.7 Å². The molecule has 0 amide bonds. The molecule has 2 aromatic heterocycles. The number of H-pyrrole nitrogens is 1. The van der Waals surface area contributed by atoms with Crippen molar-refractivity contribution in [1.82, 2.24) is 19.7 Å². The summed E-state index contributed by atoms with van der Waals surface area (Å²) in [6, 6.07) is 15.4. The van der Waals surface area contributed by atoms with Crippen LogP contribution in [0.25, 0.3) is 22.5 Å². The van der Waals surface area contributed by atoms with Crippen molar-refractivity contribution in [3.8, 4) is 22.5 Å². The molecule has 0 radical (unpaired) electrons. The van der Waals surface area contributed by atoms with Crippen molar-refractivity contribution >= 4 is 5.97 Å². The first kappa shape index (κ1) is 26.8. The summed E-state index contributed by atoms with van der Waals surface area (Å²) in [5, 5.41) is 3.82. The van der Waals surface area contributed by atoms with Crippen LogP contribution in [0.5, 0.6) is 0 Å². The molecule has 4 rings (SSSR count). The highest BCUT2D eigenvalue weighted by atomic mass is 16.5. The summed E-state index contributed by atoms with van der Waals surface area (Å²) in [5.41, 5.74) is 4.18. The van der Waals surface area contributed by atoms with Crippen LogP contribution in [0.3, 0.4) is 0 Å². The Hall–Kier alpha value is -4.27. The molecule has 198 valence electrons. The van der Waals surface area contributed by atoms with Crippen LogP contribution in [-0.2, 0) is 28.9 Å². The number of benzene rings is 2. The van der Waals surface area contributed by atoms with E-state index in [2.05, 4.69) is 21.6 Å². The third kappa shape index (κ3) is 6.16. The van der Waals surface area contributed by atoms with Crippen molar-refractivity contribution in [2.24, 2.45) is 0 Å². The average Bonchev–Trinajstić information content (AvgIpc) is 3.33. The Morgan fingerprint density at radius 1 is 1.08 bits per heavy atom. The molecular formula is C29H32N4O5. The zero-order chi connectivity index (χ0) is 27.2. The first-order chi connectivity index (χ1) is 18.3. The SMILES string of the molecule is CCCCc1nc(C)c(CC(=O)OC(C)C)c(=O)n1Cc1ccc(-c2ccccc2-c2noc(=O)[nH]2)cc1. The third-order valence-corrected chi connectivity index (χ3v) is 6.22. The predicted molar refractivity (Wildman–Crippen MR) is 144 cm³/mol. The van der Waals surface area contributed by atoms with Gasteiger partial charge in [0.15, 0.2) is 5.82 Å². The quantitative estimate of drug-likeness (QED) is 0.309. The van der Waals surface area contributed by atoms with Crippen LogP contribution in [-0.4, -0.2) is 31.8 Å². The van der Waals surface area contributed by atoms with Crippen LogP contribution >= 0.6 is 0 Å². The van der Waals surface area contributed by atoms with E-state index in [-0.39, 0.29) is 18.1 Å². The van der Waals surface area contributed by atoms with Gasteiger partial charge in [-0.25, -0.2) is 9.78 Å². The molecule has 9 heteroatoms. The molecular weight excluding hydrogens is 484 g/mol. The van der Waals surface area contributed by atoms with Gasteiger partial charge in [-0.2, -0.15) is 0 Å². The van der Waals surface area contributed by atoms with Crippen molar-refractivity contribution in [2.75, 3.05) is 0 Å². The molecule has 2 heterocycles. The van der Waals surface area contributed by atoms with Gasteiger partial charge in [0.2, 0.25) is 0 Å². The lowest BCUT2D eigenvalue weighted by Gasteiger charge is -2.17. The molecule has 0 atom stereocenters. The molecule has 9 nitrogen and oxygen atoms in total. The molecule has 0 saturated heterocycles. The normalized spacial score (nSPS) is 11.2. The standard InChI is InChI=1S/C29H32N4O5/c1-5-6-11-25-30-19(4)24(16-26(34)37-18(2)3)28(35)33(25)17-20-12-14-21(15-13-20)22-9-7-8-10-23(22)27-31-29(36)38-32-27/h7-10,12-15,18H,5-6,11,16-17H2,1-4H3,(H,31,32,36). The number of ether oxygens (including phenoxy) is 1. The minimum Gasteiger partial charge on any atom is -0.463 e. The molecule has 0 unspecified atom stereocenters. The zero-order valence-electron chi connectivity index (χ0n) is 22.1. The molecule has 0 fully saturated rings. The van der Waals surface area contributed by atoms with Gasteiger partial charge in [-0.15, -0.1) is 0 Å². The minimum absolute atomic E-state index is 0.107. The number of carbonyl (C=O) groups excluding carboxylic acids is 1. The van der Waals surface area contributed by atoms with Gasteiger partial charge in [-0.3, -0.25) is 23.7 Å². The average molecular weight is 517 g/mol. The number of rotatable bonds is 10. The maximum absolute atomic E-state index is 13.6. The van der Waals surface area contributed by atoms with Gasteiger partial charge in [0, 0.05) is 23.2 Å². The van der Waals surface area contributed by atoms with Gasteiger partial charge in [0.25, 0.3) is 5.56 Å². The summed E-state index contributed by atoms with van der Waals surface area (Å²) in [6.07, 6.45) is 2.19. The fourth-order valence-electron chi connectivity index (χ4n) is 4.36. The van der Waals surface area contributed by atoms with Crippen LogP contribution in [0.4, 0.5) is 0 Å². The molecule has 1 N–H and O–H groups in total. The fourth-order valence-corrected chi connectivity index (χ4v) is 4.36. The lowest BCUT2D eigenvalue weighted by molar-refractivity contribution is -0.146. The molecule has 0 bridgehead atoms. The molecule has 38 heavy (non-hydrogen) atoms. The zero-order valence-corrected chi connectivity index (χ0v) is 22.1. The molecule has 0 aliphatic heterocycles. The lowest BCUT2D eigenvalue weighted by atomic mass is 9.98. The Morgan fingerprint density at radius 3 is 2.42 bits per heavy atom. The Balaban J connectivity index is 1.66. The number of aryl methyl sites for hydroxylation is 2. The second kappa shape index (κ2) is 11.9. The van der Waals surface area contributed by atoms with E-state index in [9.17, 15) is 14.4 Å². The van der Waals surface area contributed by atoms with E-state index in [0.717, 1.165) is 35.1 Å². The summed E-state index contributed by atoms with van der Waals surface area (Å²) in [7, 11) is 0. The maximum Gasteiger partial charge on any atom is 0.439 e. The molecule has 0 aliphatic carbocycles. The van der Waals surface area contributed by atoms with Gasteiger partial charge in [-0.05, 0) is 43.9 Å². The number of nitrogens with one attached hydrogen (secondary N) is 1. The van der Waals surface area contributed by atoms with Gasteiger partial charge < -0.3 is 4.74 Å². The first-order valence-corrected chi connectivity index (χ1v) is 12.8. The second-order valence-electron chi connectivity index (χ2n) is 9.49. The van der Waals surface area contributed by atoms with Crippen molar-refractivity contribution in [2.45, 2.75) is 66.0 Å². The molecule has 2 aromatic carbocycles. The highest BCUT2D eigenvalue weighted by Crippen LogP contribution is 2.30. The largest absolute Gasteiger partial charge is 0.463 e. The topological polar surface area (TPSA) is 120 Å². The summed E-state index contributed by atoms with van der Waals surface area (Å²) >= 11 is 0. The van der Waals surface area contributed by atoms with Gasteiger partial charge in [0.05, 0.1) is 19.1 Å². The van der Waals surface area contributed by atoms with Crippen LogP contribution < -0.4 is 11.3 Å². The summed E-state index contributed by atoms with van der Waals surface area (Å²) < 4.78 is 11.6. The molecule has 0 spiro atoms. The summed E-state index contributed by atoms with van der Waals surface area (Å²) in [5.74, 6) is 0.0140. The third-order valence-electron chi connectivity index (χ3n) is 6.22. The van der Waals surface area contributed by atoms with Crippen molar-refractivity contribution < 1.29 is 14.1 Å².